The van der Waals surface area contributed by atoms with Gasteiger partial charge in [-0.25, -0.2) is 9.97 Å². The van der Waals surface area contributed by atoms with Crippen LogP contribution in [0.1, 0.15) is 40.5 Å². The number of nitrogens with one attached hydrogen (secondary N) is 1. The fourth-order valence-electron chi connectivity index (χ4n) is 3.48. The van der Waals surface area contributed by atoms with E-state index in [-0.39, 0.29) is 6.04 Å². The Balaban J connectivity index is 1.85. The molecule has 1 aromatic carbocycles. The third-order valence-corrected chi connectivity index (χ3v) is 5.54. The smallest absolute Gasteiger partial charge is 0.155 e. The molecule has 0 saturated heterocycles. The largest absolute Gasteiger partial charge is 0.366 e. The highest BCUT2D eigenvalue weighted by atomic mass is 35.5. The Bertz CT molecular complexity index is 934. The van der Waals surface area contributed by atoms with Crippen molar-refractivity contribution in [2.75, 3.05) is 25.0 Å². The summed E-state index contributed by atoms with van der Waals surface area (Å²) >= 11 is 6.32. The molecule has 0 aliphatic heterocycles. The standard InChI is InChI=1S/C22H31ClN6/c1-5-28(6-2)14-10-11-16(4)24-22-21(19-15-20(23)29(7-3)27-19)25-17-12-8-9-13-18(17)26-22/h8-9,12-13,15-16H,5-7,10-11,14H2,1-4H3,(H,24,26). The van der Waals surface area contributed by atoms with Crippen LogP contribution in [-0.4, -0.2) is 50.3 Å². The van der Waals surface area contributed by atoms with Crippen molar-refractivity contribution in [2.24, 2.45) is 0 Å². The topological polar surface area (TPSA) is 58.9 Å². The summed E-state index contributed by atoms with van der Waals surface area (Å²) in [5, 5.41) is 8.80. The number of benzene rings is 1. The van der Waals surface area contributed by atoms with E-state index in [4.69, 9.17) is 21.6 Å². The van der Waals surface area contributed by atoms with E-state index in [0.29, 0.717) is 11.7 Å². The maximum Gasteiger partial charge on any atom is 0.155 e. The zero-order valence-corrected chi connectivity index (χ0v) is 18.6. The minimum atomic E-state index is 0.281. The first-order chi connectivity index (χ1) is 14.0. The second-order valence-electron chi connectivity index (χ2n) is 7.29. The van der Waals surface area contributed by atoms with Gasteiger partial charge in [-0.05, 0) is 58.5 Å². The van der Waals surface area contributed by atoms with Gasteiger partial charge in [0.25, 0.3) is 0 Å². The zero-order valence-electron chi connectivity index (χ0n) is 17.8. The first kappa shape index (κ1) is 21.5. The van der Waals surface area contributed by atoms with E-state index in [1.54, 1.807) is 4.68 Å². The molecule has 3 rings (SSSR count). The predicted molar refractivity (Wildman–Crippen MR) is 122 cm³/mol. The number of aromatic nitrogens is 4. The van der Waals surface area contributed by atoms with Crippen LogP contribution < -0.4 is 5.32 Å². The summed E-state index contributed by atoms with van der Waals surface area (Å²) in [5.74, 6) is 0.761. The average Bonchev–Trinajstić information content (AvgIpc) is 3.11. The van der Waals surface area contributed by atoms with Gasteiger partial charge < -0.3 is 10.2 Å². The monoisotopic (exact) mass is 414 g/mol. The summed E-state index contributed by atoms with van der Waals surface area (Å²) in [6, 6.07) is 10.1. The summed E-state index contributed by atoms with van der Waals surface area (Å²) in [6.45, 7) is 12.7. The highest BCUT2D eigenvalue weighted by Gasteiger charge is 2.17. The number of rotatable bonds is 10. The fourth-order valence-corrected chi connectivity index (χ4v) is 3.74. The number of hydrogen-bond acceptors (Lipinski definition) is 5. The number of para-hydroxylation sites is 2. The molecule has 1 N–H and O–H groups in total. The van der Waals surface area contributed by atoms with Crippen LogP contribution in [0.3, 0.4) is 0 Å². The van der Waals surface area contributed by atoms with E-state index in [2.05, 4.69) is 36.1 Å². The molecule has 0 amide bonds. The first-order valence-corrected chi connectivity index (χ1v) is 10.9. The predicted octanol–water partition coefficient (Wildman–Crippen LogP) is 5.09. The summed E-state index contributed by atoms with van der Waals surface area (Å²) in [5.41, 5.74) is 3.21. The average molecular weight is 415 g/mol. The molecular weight excluding hydrogens is 384 g/mol. The van der Waals surface area contributed by atoms with Gasteiger partial charge in [0.2, 0.25) is 0 Å². The highest BCUT2D eigenvalue weighted by molar-refractivity contribution is 6.29. The van der Waals surface area contributed by atoms with Gasteiger partial charge in [0, 0.05) is 18.7 Å². The highest BCUT2D eigenvalue weighted by Crippen LogP contribution is 2.29. The van der Waals surface area contributed by atoms with E-state index in [1.165, 1.54) is 0 Å². The minimum absolute atomic E-state index is 0.281. The van der Waals surface area contributed by atoms with Gasteiger partial charge in [-0.2, -0.15) is 5.10 Å². The molecule has 1 unspecified atom stereocenters. The molecular formula is C22H31ClN6. The zero-order chi connectivity index (χ0) is 20.8. The lowest BCUT2D eigenvalue weighted by atomic mass is 10.1. The van der Waals surface area contributed by atoms with Gasteiger partial charge in [0.1, 0.15) is 16.5 Å². The van der Waals surface area contributed by atoms with Gasteiger partial charge in [-0.15, -0.1) is 0 Å². The summed E-state index contributed by atoms with van der Waals surface area (Å²) in [7, 11) is 0. The Labute approximate surface area is 178 Å². The number of hydrogen-bond donors (Lipinski definition) is 1. The van der Waals surface area contributed by atoms with E-state index >= 15 is 0 Å². The molecule has 2 heterocycles. The Hall–Kier alpha value is -2.18. The van der Waals surface area contributed by atoms with Crippen LogP contribution in [0.4, 0.5) is 5.82 Å². The molecule has 7 heteroatoms. The lowest BCUT2D eigenvalue weighted by molar-refractivity contribution is 0.295. The molecule has 2 aromatic heterocycles. The van der Waals surface area contributed by atoms with Crippen LogP contribution in [0.2, 0.25) is 5.15 Å². The summed E-state index contributed by atoms with van der Waals surface area (Å²) < 4.78 is 1.77. The summed E-state index contributed by atoms with van der Waals surface area (Å²) in [6.07, 6.45) is 2.21. The number of anilines is 1. The molecule has 0 fully saturated rings. The van der Waals surface area contributed by atoms with Crippen LogP contribution in [-0.2, 0) is 6.54 Å². The quantitative estimate of drug-likeness (QED) is 0.500. The van der Waals surface area contributed by atoms with Gasteiger partial charge in [-0.3, -0.25) is 4.68 Å². The van der Waals surface area contributed by atoms with E-state index < -0.39 is 0 Å². The van der Waals surface area contributed by atoms with Crippen molar-refractivity contribution in [2.45, 2.75) is 53.1 Å². The van der Waals surface area contributed by atoms with Crippen LogP contribution in [0.5, 0.6) is 0 Å². The molecule has 0 bridgehead atoms. The molecule has 0 radical (unpaired) electrons. The number of aryl methyl sites for hydroxylation is 1. The first-order valence-electron chi connectivity index (χ1n) is 10.5. The van der Waals surface area contributed by atoms with Crippen molar-refractivity contribution in [3.8, 4) is 11.4 Å². The van der Waals surface area contributed by atoms with Crippen LogP contribution in [0, 0.1) is 0 Å². The molecule has 6 nitrogen and oxygen atoms in total. The molecule has 0 aliphatic carbocycles. The maximum absolute atomic E-state index is 6.32. The van der Waals surface area contributed by atoms with Crippen molar-refractivity contribution in [1.29, 1.82) is 0 Å². The van der Waals surface area contributed by atoms with E-state index in [9.17, 15) is 0 Å². The lowest BCUT2D eigenvalue weighted by Crippen LogP contribution is -2.26. The fraction of sp³-hybridized carbons (Fsp3) is 0.500. The van der Waals surface area contributed by atoms with Gasteiger partial charge in [-0.1, -0.05) is 37.6 Å². The Morgan fingerprint density at radius 3 is 2.41 bits per heavy atom. The Kier molecular flexibility index (Phi) is 7.45. The molecule has 0 saturated carbocycles. The van der Waals surface area contributed by atoms with E-state index in [1.807, 2.05) is 37.3 Å². The molecule has 29 heavy (non-hydrogen) atoms. The second kappa shape index (κ2) is 10.0. The molecule has 156 valence electrons. The van der Waals surface area contributed by atoms with Crippen molar-refractivity contribution in [3.05, 3.63) is 35.5 Å². The van der Waals surface area contributed by atoms with Crippen LogP contribution in [0.15, 0.2) is 30.3 Å². The molecule has 3 aromatic rings. The van der Waals surface area contributed by atoms with Gasteiger partial charge in [0.15, 0.2) is 5.82 Å². The number of nitrogens with zero attached hydrogens (tertiary/aromatic N) is 5. The van der Waals surface area contributed by atoms with Crippen molar-refractivity contribution in [3.63, 3.8) is 0 Å². The molecule has 0 spiro atoms. The Morgan fingerprint density at radius 2 is 1.79 bits per heavy atom. The lowest BCUT2D eigenvalue weighted by Gasteiger charge is -2.20. The van der Waals surface area contributed by atoms with Crippen LogP contribution in [0.25, 0.3) is 22.4 Å². The summed E-state index contributed by atoms with van der Waals surface area (Å²) in [4.78, 5) is 12.2. The van der Waals surface area contributed by atoms with Gasteiger partial charge >= 0.3 is 0 Å². The Morgan fingerprint density at radius 1 is 1.10 bits per heavy atom. The third-order valence-electron chi connectivity index (χ3n) is 5.23. The normalized spacial score (nSPS) is 12.6. The van der Waals surface area contributed by atoms with Crippen molar-refractivity contribution < 1.29 is 0 Å². The van der Waals surface area contributed by atoms with E-state index in [0.717, 1.165) is 60.7 Å². The maximum atomic E-state index is 6.32. The second-order valence-corrected chi connectivity index (χ2v) is 7.68. The van der Waals surface area contributed by atoms with Crippen molar-refractivity contribution in [1.82, 2.24) is 24.6 Å². The van der Waals surface area contributed by atoms with Crippen molar-refractivity contribution >= 4 is 28.5 Å². The molecule has 1 atom stereocenters. The molecule has 0 aliphatic rings. The van der Waals surface area contributed by atoms with Gasteiger partial charge in [0.05, 0.1) is 11.0 Å². The minimum Gasteiger partial charge on any atom is -0.366 e. The van der Waals surface area contributed by atoms with Crippen LogP contribution >= 0.6 is 11.6 Å². The SMILES string of the molecule is CCN(CC)CCCC(C)Nc1nc2ccccc2nc1-c1cc(Cl)n(CC)n1. The third kappa shape index (κ3) is 5.25. The number of halogens is 1. The number of fused-ring (bicyclic) bond motifs is 1.